The van der Waals surface area contributed by atoms with Gasteiger partial charge in [-0.1, -0.05) is 42.7 Å². The monoisotopic (exact) mass is 310 g/mol. The summed E-state index contributed by atoms with van der Waals surface area (Å²) in [7, 11) is 0. The smallest absolute Gasteiger partial charge is 0.274 e. The van der Waals surface area contributed by atoms with Crippen molar-refractivity contribution in [3.05, 3.63) is 41.7 Å². The number of carbonyl (C=O) groups is 1. The molecule has 0 unspecified atom stereocenters. The average molecular weight is 310 g/mol. The van der Waals surface area contributed by atoms with Gasteiger partial charge in [0.25, 0.3) is 5.91 Å². The fourth-order valence-electron chi connectivity index (χ4n) is 3.43. The summed E-state index contributed by atoms with van der Waals surface area (Å²) >= 11 is 0. The summed E-state index contributed by atoms with van der Waals surface area (Å²) in [5, 5.41) is 11.7. The van der Waals surface area contributed by atoms with Crippen molar-refractivity contribution in [1.29, 1.82) is 0 Å². The van der Waals surface area contributed by atoms with Crippen LogP contribution in [0.3, 0.4) is 0 Å². The molecule has 2 aliphatic rings. The van der Waals surface area contributed by atoms with Crippen LogP contribution in [0.5, 0.6) is 0 Å². The van der Waals surface area contributed by atoms with Gasteiger partial charge in [0.05, 0.1) is 11.4 Å². The SMILES string of the molecule is O=C(NC1CCCCC1)c1nnn(-c2ccccc2)c1C1CC1. The maximum atomic E-state index is 12.7. The number of aromatic nitrogens is 3. The second-order valence-corrected chi connectivity index (χ2v) is 6.65. The van der Waals surface area contributed by atoms with Crippen molar-refractivity contribution in [3.8, 4) is 5.69 Å². The number of nitrogens with zero attached hydrogens (tertiary/aromatic N) is 3. The highest BCUT2D eigenvalue weighted by Crippen LogP contribution is 2.42. The molecule has 1 N–H and O–H groups in total. The topological polar surface area (TPSA) is 59.8 Å². The Hall–Kier alpha value is -2.17. The van der Waals surface area contributed by atoms with Gasteiger partial charge in [-0.25, -0.2) is 4.68 Å². The number of amides is 1. The van der Waals surface area contributed by atoms with Crippen LogP contribution in [0.15, 0.2) is 30.3 Å². The van der Waals surface area contributed by atoms with Crippen molar-refractivity contribution in [2.24, 2.45) is 0 Å². The van der Waals surface area contributed by atoms with Crippen molar-refractivity contribution in [3.63, 3.8) is 0 Å². The second-order valence-electron chi connectivity index (χ2n) is 6.65. The van der Waals surface area contributed by atoms with Gasteiger partial charge in [-0.3, -0.25) is 4.79 Å². The first-order chi connectivity index (χ1) is 11.3. The van der Waals surface area contributed by atoms with Crippen LogP contribution in [0.25, 0.3) is 5.69 Å². The molecule has 0 bridgehead atoms. The lowest BCUT2D eigenvalue weighted by Crippen LogP contribution is -2.36. The van der Waals surface area contributed by atoms with Gasteiger partial charge in [-0.15, -0.1) is 5.10 Å². The highest BCUT2D eigenvalue weighted by atomic mass is 16.2. The summed E-state index contributed by atoms with van der Waals surface area (Å²) in [6, 6.07) is 10.2. The molecular weight excluding hydrogens is 288 g/mol. The molecule has 120 valence electrons. The molecule has 1 aromatic carbocycles. The lowest BCUT2D eigenvalue weighted by molar-refractivity contribution is 0.0921. The van der Waals surface area contributed by atoms with E-state index in [0.29, 0.717) is 17.7 Å². The zero-order chi connectivity index (χ0) is 15.6. The molecular formula is C18H22N4O. The molecule has 0 aliphatic heterocycles. The summed E-state index contributed by atoms with van der Waals surface area (Å²) in [5.74, 6) is 0.360. The zero-order valence-corrected chi connectivity index (χ0v) is 13.2. The van der Waals surface area contributed by atoms with Crippen LogP contribution in [-0.4, -0.2) is 26.9 Å². The van der Waals surface area contributed by atoms with Crippen molar-refractivity contribution >= 4 is 5.91 Å². The van der Waals surface area contributed by atoms with Crippen LogP contribution in [0.4, 0.5) is 0 Å². The third kappa shape index (κ3) is 3.00. The minimum Gasteiger partial charge on any atom is -0.348 e. The Balaban J connectivity index is 1.61. The summed E-state index contributed by atoms with van der Waals surface area (Å²) in [4.78, 5) is 12.7. The van der Waals surface area contributed by atoms with Crippen LogP contribution in [0, 0.1) is 0 Å². The summed E-state index contributed by atoms with van der Waals surface area (Å²) in [5.41, 5.74) is 2.46. The molecule has 2 aliphatic carbocycles. The fourth-order valence-corrected chi connectivity index (χ4v) is 3.43. The van der Waals surface area contributed by atoms with Crippen molar-refractivity contribution in [2.45, 2.75) is 56.9 Å². The minimum atomic E-state index is -0.0546. The van der Waals surface area contributed by atoms with Gasteiger partial charge < -0.3 is 5.32 Å². The molecule has 0 atom stereocenters. The Morgan fingerprint density at radius 1 is 1.04 bits per heavy atom. The van der Waals surface area contributed by atoms with Crippen LogP contribution >= 0.6 is 0 Å². The number of benzene rings is 1. The van der Waals surface area contributed by atoms with E-state index in [4.69, 9.17) is 0 Å². The number of hydrogen-bond acceptors (Lipinski definition) is 3. The Bertz CT molecular complexity index is 684. The molecule has 4 rings (SSSR count). The quantitative estimate of drug-likeness (QED) is 0.943. The Morgan fingerprint density at radius 2 is 1.78 bits per heavy atom. The largest absolute Gasteiger partial charge is 0.348 e. The third-order valence-corrected chi connectivity index (χ3v) is 4.83. The molecule has 23 heavy (non-hydrogen) atoms. The van der Waals surface area contributed by atoms with Gasteiger partial charge in [0.15, 0.2) is 5.69 Å². The standard InChI is InChI=1S/C18H22N4O/c23-18(19-14-7-3-1-4-8-14)16-17(13-11-12-13)22(21-20-16)15-9-5-2-6-10-15/h2,5-6,9-10,13-14H,1,3-4,7-8,11-12H2,(H,19,23). The number of rotatable bonds is 4. The van der Waals surface area contributed by atoms with Gasteiger partial charge in [-0.05, 0) is 37.8 Å². The van der Waals surface area contributed by atoms with E-state index >= 15 is 0 Å². The van der Waals surface area contributed by atoms with E-state index in [1.54, 1.807) is 0 Å². The molecule has 2 fully saturated rings. The molecule has 0 saturated heterocycles. The van der Waals surface area contributed by atoms with Gasteiger partial charge in [0.2, 0.25) is 0 Å². The first-order valence-corrected chi connectivity index (χ1v) is 8.65. The molecule has 1 amide bonds. The lowest BCUT2D eigenvalue weighted by Gasteiger charge is -2.22. The van der Waals surface area contributed by atoms with E-state index in [2.05, 4.69) is 15.6 Å². The first kappa shape index (κ1) is 14.4. The summed E-state index contributed by atoms with van der Waals surface area (Å²) in [6.07, 6.45) is 8.08. The molecule has 1 heterocycles. The molecule has 0 spiro atoms. The maximum Gasteiger partial charge on any atom is 0.274 e. The molecule has 5 heteroatoms. The van der Waals surface area contributed by atoms with Crippen LogP contribution in [-0.2, 0) is 0 Å². The summed E-state index contributed by atoms with van der Waals surface area (Å²) < 4.78 is 1.84. The van der Waals surface area contributed by atoms with E-state index < -0.39 is 0 Å². The number of nitrogens with one attached hydrogen (secondary N) is 1. The van der Waals surface area contributed by atoms with Gasteiger partial charge >= 0.3 is 0 Å². The normalized spacial score (nSPS) is 18.8. The zero-order valence-electron chi connectivity index (χ0n) is 13.2. The second kappa shape index (κ2) is 6.14. The third-order valence-electron chi connectivity index (χ3n) is 4.83. The Kier molecular flexibility index (Phi) is 3.85. The summed E-state index contributed by atoms with van der Waals surface area (Å²) in [6.45, 7) is 0. The highest BCUT2D eigenvalue weighted by molar-refractivity contribution is 5.93. The molecule has 5 nitrogen and oxygen atoms in total. The predicted molar refractivity (Wildman–Crippen MR) is 87.7 cm³/mol. The Labute approximate surface area is 136 Å². The van der Waals surface area contributed by atoms with Crippen LogP contribution in [0.2, 0.25) is 0 Å². The van der Waals surface area contributed by atoms with Gasteiger partial charge in [-0.2, -0.15) is 0 Å². The maximum absolute atomic E-state index is 12.7. The van der Waals surface area contributed by atoms with E-state index in [0.717, 1.165) is 37.1 Å². The van der Waals surface area contributed by atoms with Gasteiger partial charge in [0, 0.05) is 12.0 Å². The lowest BCUT2D eigenvalue weighted by atomic mass is 9.95. The average Bonchev–Trinajstić information content (AvgIpc) is 3.34. The van der Waals surface area contributed by atoms with E-state index in [-0.39, 0.29) is 5.91 Å². The van der Waals surface area contributed by atoms with E-state index in [9.17, 15) is 4.79 Å². The number of carbonyl (C=O) groups excluding carboxylic acids is 1. The fraction of sp³-hybridized carbons (Fsp3) is 0.500. The minimum absolute atomic E-state index is 0.0546. The van der Waals surface area contributed by atoms with Crippen LogP contribution < -0.4 is 5.32 Å². The highest BCUT2D eigenvalue weighted by Gasteiger charge is 2.34. The number of para-hydroxylation sites is 1. The van der Waals surface area contributed by atoms with E-state index in [1.165, 1.54) is 19.3 Å². The Morgan fingerprint density at radius 3 is 2.48 bits per heavy atom. The molecule has 0 radical (unpaired) electrons. The van der Waals surface area contributed by atoms with Crippen molar-refractivity contribution in [2.75, 3.05) is 0 Å². The van der Waals surface area contributed by atoms with Gasteiger partial charge in [0.1, 0.15) is 0 Å². The van der Waals surface area contributed by atoms with E-state index in [1.807, 2.05) is 35.0 Å². The van der Waals surface area contributed by atoms with Crippen LogP contribution in [0.1, 0.15) is 67.0 Å². The number of hydrogen-bond donors (Lipinski definition) is 1. The first-order valence-electron chi connectivity index (χ1n) is 8.65. The molecule has 1 aromatic heterocycles. The molecule has 2 aromatic rings. The predicted octanol–water partition coefficient (Wildman–Crippen LogP) is 3.21. The van der Waals surface area contributed by atoms with Crippen molar-refractivity contribution in [1.82, 2.24) is 20.3 Å². The molecule has 2 saturated carbocycles. The van der Waals surface area contributed by atoms with Crippen molar-refractivity contribution < 1.29 is 4.79 Å².